The van der Waals surface area contributed by atoms with Crippen LogP contribution in [0.2, 0.25) is 0 Å². The summed E-state index contributed by atoms with van der Waals surface area (Å²) < 4.78 is 13.4. The summed E-state index contributed by atoms with van der Waals surface area (Å²) in [5.41, 5.74) is 1.27. The van der Waals surface area contributed by atoms with Gasteiger partial charge in [-0.2, -0.15) is 0 Å². The summed E-state index contributed by atoms with van der Waals surface area (Å²) in [6, 6.07) is 8.80. The van der Waals surface area contributed by atoms with Crippen molar-refractivity contribution in [2.45, 2.75) is 70.2 Å². The molecule has 152 valence electrons. The third kappa shape index (κ3) is 4.89. The highest BCUT2D eigenvalue weighted by Gasteiger charge is 2.26. The quantitative estimate of drug-likeness (QED) is 0.751. The molecular formula is C21H32N5O2+. The maximum atomic E-state index is 5.93. The number of methoxy groups -OCH3 is 1. The summed E-state index contributed by atoms with van der Waals surface area (Å²) in [4.78, 5) is 1.44. The normalized spacial score (nSPS) is 21.7. The molecule has 0 radical (unpaired) electrons. The van der Waals surface area contributed by atoms with Crippen molar-refractivity contribution in [2.75, 3.05) is 20.3 Å². The summed E-state index contributed by atoms with van der Waals surface area (Å²) in [5.74, 6) is 1.91. The van der Waals surface area contributed by atoms with Gasteiger partial charge in [0.1, 0.15) is 31.5 Å². The zero-order valence-electron chi connectivity index (χ0n) is 16.8. The molecule has 7 heteroatoms. The fourth-order valence-corrected chi connectivity index (χ4v) is 4.57. The predicted octanol–water partition coefficient (Wildman–Crippen LogP) is 1.95. The fraction of sp³-hybridized carbons (Fsp3) is 0.667. The van der Waals surface area contributed by atoms with Gasteiger partial charge in [0.2, 0.25) is 5.82 Å². The van der Waals surface area contributed by atoms with Gasteiger partial charge in [0.05, 0.1) is 13.2 Å². The van der Waals surface area contributed by atoms with E-state index in [0.717, 1.165) is 50.7 Å². The number of nitrogens with zero attached hydrogens (tertiary/aromatic N) is 4. The van der Waals surface area contributed by atoms with Gasteiger partial charge in [-0.25, -0.2) is 4.68 Å². The zero-order valence-corrected chi connectivity index (χ0v) is 16.8. The standard InChI is InChI=1S/C21H31N5O2/c1-27-19-10-5-7-17(13-19)14-25(15-20-11-6-12-28-20)16-21-22-23-24-26(21)18-8-3-2-4-9-18/h5,7,10,13,18,20H,2-4,6,8-9,11-12,14-16H2,1H3/p+1/t20-/m0/s1. The Balaban J connectivity index is 1.49. The van der Waals surface area contributed by atoms with Crippen molar-refractivity contribution in [3.63, 3.8) is 0 Å². The number of benzene rings is 1. The van der Waals surface area contributed by atoms with E-state index in [1.165, 1.54) is 42.6 Å². The summed E-state index contributed by atoms with van der Waals surface area (Å²) >= 11 is 0. The van der Waals surface area contributed by atoms with Crippen molar-refractivity contribution >= 4 is 0 Å². The highest BCUT2D eigenvalue weighted by atomic mass is 16.5. The lowest BCUT2D eigenvalue weighted by Crippen LogP contribution is -3.10. The minimum Gasteiger partial charge on any atom is -0.497 e. The van der Waals surface area contributed by atoms with Gasteiger partial charge in [-0.05, 0) is 48.2 Å². The van der Waals surface area contributed by atoms with Gasteiger partial charge >= 0.3 is 0 Å². The van der Waals surface area contributed by atoms with Crippen LogP contribution in [-0.2, 0) is 17.8 Å². The molecule has 1 aromatic carbocycles. The molecule has 1 aliphatic carbocycles. The number of aromatic nitrogens is 4. The number of quaternary nitrogens is 1. The number of hydrogen-bond acceptors (Lipinski definition) is 5. The van der Waals surface area contributed by atoms with Gasteiger partial charge in [0.25, 0.3) is 0 Å². The molecule has 2 heterocycles. The average molecular weight is 387 g/mol. The maximum Gasteiger partial charge on any atom is 0.206 e. The zero-order chi connectivity index (χ0) is 19.2. The number of ether oxygens (including phenoxy) is 2. The molecule has 1 saturated carbocycles. The topological polar surface area (TPSA) is 66.5 Å². The molecule has 1 saturated heterocycles. The smallest absolute Gasteiger partial charge is 0.206 e. The van der Waals surface area contributed by atoms with Gasteiger partial charge in [0, 0.05) is 12.2 Å². The van der Waals surface area contributed by atoms with Gasteiger partial charge < -0.3 is 14.4 Å². The van der Waals surface area contributed by atoms with E-state index in [9.17, 15) is 0 Å². The highest BCUT2D eigenvalue weighted by molar-refractivity contribution is 5.27. The third-order valence-electron chi connectivity index (χ3n) is 6.02. The van der Waals surface area contributed by atoms with Gasteiger partial charge in [-0.1, -0.05) is 31.4 Å². The molecule has 1 N–H and O–H groups in total. The Labute approximate surface area is 167 Å². The van der Waals surface area contributed by atoms with Crippen LogP contribution >= 0.6 is 0 Å². The van der Waals surface area contributed by atoms with E-state index < -0.39 is 0 Å². The van der Waals surface area contributed by atoms with Crippen LogP contribution in [-0.4, -0.2) is 46.6 Å². The average Bonchev–Trinajstić information content (AvgIpc) is 3.41. The molecule has 2 aromatic rings. The molecule has 2 atom stereocenters. The molecule has 2 fully saturated rings. The lowest BCUT2D eigenvalue weighted by molar-refractivity contribution is -0.931. The summed E-state index contributed by atoms with van der Waals surface area (Å²) in [6.07, 6.45) is 8.91. The second-order valence-corrected chi connectivity index (χ2v) is 8.13. The number of tetrazole rings is 1. The van der Waals surface area contributed by atoms with Crippen LogP contribution in [0.4, 0.5) is 0 Å². The summed E-state index contributed by atoms with van der Waals surface area (Å²) in [5, 5.41) is 12.8. The lowest BCUT2D eigenvalue weighted by Gasteiger charge is -2.25. The second-order valence-electron chi connectivity index (χ2n) is 8.13. The van der Waals surface area contributed by atoms with E-state index in [1.54, 1.807) is 7.11 Å². The van der Waals surface area contributed by atoms with Crippen LogP contribution in [0.1, 0.15) is 62.4 Å². The molecule has 1 unspecified atom stereocenters. The molecule has 4 rings (SSSR count). The highest BCUT2D eigenvalue weighted by Crippen LogP contribution is 2.27. The van der Waals surface area contributed by atoms with E-state index in [0.29, 0.717) is 12.1 Å². The number of rotatable bonds is 8. The minimum atomic E-state index is 0.333. The largest absolute Gasteiger partial charge is 0.497 e. The second kappa shape index (κ2) is 9.47. The van der Waals surface area contributed by atoms with Crippen molar-refractivity contribution in [3.8, 4) is 5.75 Å². The molecular weight excluding hydrogens is 354 g/mol. The van der Waals surface area contributed by atoms with Gasteiger partial charge in [-0.15, -0.1) is 5.10 Å². The van der Waals surface area contributed by atoms with Crippen molar-refractivity contribution < 1.29 is 14.4 Å². The molecule has 1 aromatic heterocycles. The Hall–Kier alpha value is -1.99. The molecule has 28 heavy (non-hydrogen) atoms. The van der Waals surface area contributed by atoms with E-state index in [4.69, 9.17) is 9.47 Å². The molecule has 2 aliphatic rings. The third-order valence-corrected chi connectivity index (χ3v) is 6.02. The Kier molecular flexibility index (Phi) is 6.54. The molecule has 0 spiro atoms. The lowest BCUT2D eigenvalue weighted by atomic mass is 9.95. The summed E-state index contributed by atoms with van der Waals surface area (Å²) in [6.45, 7) is 3.60. The molecule has 1 aliphatic heterocycles. The first-order valence-corrected chi connectivity index (χ1v) is 10.7. The molecule has 7 nitrogen and oxygen atoms in total. The predicted molar refractivity (Wildman–Crippen MR) is 105 cm³/mol. The fourth-order valence-electron chi connectivity index (χ4n) is 4.57. The van der Waals surface area contributed by atoms with E-state index in [-0.39, 0.29) is 0 Å². The SMILES string of the molecule is COc1cccc(C[NH+](Cc2nnnn2C2CCCCC2)C[C@@H]2CCCO2)c1. The Morgan fingerprint density at radius 3 is 2.82 bits per heavy atom. The van der Waals surface area contributed by atoms with Crippen LogP contribution in [0.5, 0.6) is 5.75 Å². The molecule has 0 bridgehead atoms. The van der Waals surface area contributed by atoms with E-state index in [1.807, 2.05) is 6.07 Å². The Bertz CT molecular complexity index is 738. The van der Waals surface area contributed by atoms with Crippen molar-refractivity contribution in [1.82, 2.24) is 20.2 Å². The van der Waals surface area contributed by atoms with Crippen molar-refractivity contribution in [1.29, 1.82) is 0 Å². The van der Waals surface area contributed by atoms with Crippen molar-refractivity contribution in [3.05, 3.63) is 35.7 Å². The van der Waals surface area contributed by atoms with Crippen molar-refractivity contribution in [2.24, 2.45) is 0 Å². The van der Waals surface area contributed by atoms with Crippen LogP contribution in [0.15, 0.2) is 24.3 Å². The van der Waals surface area contributed by atoms with E-state index in [2.05, 4.69) is 38.4 Å². The van der Waals surface area contributed by atoms with Crippen LogP contribution in [0, 0.1) is 0 Å². The first kappa shape index (κ1) is 19.3. The first-order chi connectivity index (χ1) is 13.8. The Morgan fingerprint density at radius 2 is 2.04 bits per heavy atom. The van der Waals surface area contributed by atoms with Crippen LogP contribution in [0.3, 0.4) is 0 Å². The minimum absolute atomic E-state index is 0.333. The monoisotopic (exact) mass is 386 g/mol. The van der Waals surface area contributed by atoms with Crippen LogP contribution < -0.4 is 9.64 Å². The van der Waals surface area contributed by atoms with Gasteiger partial charge in [-0.3, -0.25) is 0 Å². The number of hydrogen-bond donors (Lipinski definition) is 1. The van der Waals surface area contributed by atoms with Gasteiger partial charge in [0.15, 0.2) is 0 Å². The van der Waals surface area contributed by atoms with Crippen LogP contribution in [0.25, 0.3) is 0 Å². The first-order valence-electron chi connectivity index (χ1n) is 10.7. The number of nitrogens with one attached hydrogen (secondary N) is 1. The van der Waals surface area contributed by atoms with E-state index >= 15 is 0 Å². The Morgan fingerprint density at radius 1 is 1.14 bits per heavy atom. The summed E-state index contributed by atoms with van der Waals surface area (Å²) in [7, 11) is 1.72. The maximum absolute atomic E-state index is 5.93. The molecule has 0 amide bonds.